The first-order valence-electron chi connectivity index (χ1n) is 7.86. The first-order valence-corrected chi connectivity index (χ1v) is 9.72. The van der Waals surface area contributed by atoms with Gasteiger partial charge in [-0.2, -0.15) is 0 Å². The fourth-order valence-electron chi connectivity index (χ4n) is 2.71. The number of sulfonamides is 1. The predicted octanol–water partition coefficient (Wildman–Crippen LogP) is 4.15. The Kier molecular flexibility index (Phi) is 4.58. The van der Waals surface area contributed by atoms with Crippen LogP contribution >= 0.6 is 11.6 Å². The number of aryl methyl sites for hydroxylation is 1. The van der Waals surface area contributed by atoms with Gasteiger partial charge in [0.05, 0.1) is 20.5 Å². The van der Waals surface area contributed by atoms with Crippen molar-refractivity contribution in [2.24, 2.45) is 0 Å². The summed E-state index contributed by atoms with van der Waals surface area (Å²) in [6.45, 7) is 3.96. The van der Waals surface area contributed by atoms with Gasteiger partial charge in [-0.05, 0) is 56.5 Å². The molecule has 0 saturated heterocycles. The molecule has 9 heteroatoms. The smallest absolute Gasteiger partial charge is 0.271 e. The normalized spacial score (nSPS) is 15.7. The molecule has 0 aliphatic carbocycles. The van der Waals surface area contributed by atoms with E-state index in [9.17, 15) is 18.5 Å². The number of anilines is 1. The highest BCUT2D eigenvalue weighted by molar-refractivity contribution is 7.92. The number of nitrogens with zero attached hydrogens (tertiary/aromatic N) is 1. The van der Waals surface area contributed by atoms with Gasteiger partial charge in [0.15, 0.2) is 0 Å². The number of benzene rings is 2. The van der Waals surface area contributed by atoms with Crippen molar-refractivity contribution in [3.63, 3.8) is 0 Å². The van der Waals surface area contributed by atoms with Gasteiger partial charge in [-0.15, -0.1) is 0 Å². The maximum absolute atomic E-state index is 12.7. The second kappa shape index (κ2) is 6.44. The molecule has 26 heavy (non-hydrogen) atoms. The Hall–Kier alpha value is -2.32. The molecule has 0 spiro atoms. The molecular formula is C17H17ClN2O5S. The molecule has 0 amide bonds. The number of ether oxygens (including phenoxy) is 1. The summed E-state index contributed by atoms with van der Waals surface area (Å²) in [5.41, 5.74) is 0.212. The van der Waals surface area contributed by atoms with Gasteiger partial charge in [0, 0.05) is 12.1 Å². The van der Waals surface area contributed by atoms with Gasteiger partial charge in [0.2, 0.25) is 0 Å². The summed E-state index contributed by atoms with van der Waals surface area (Å²) in [6.07, 6.45) is 1.47. The molecule has 0 unspecified atom stereocenters. The Morgan fingerprint density at radius 2 is 1.96 bits per heavy atom. The van der Waals surface area contributed by atoms with Crippen molar-refractivity contribution >= 4 is 33.0 Å². The van der Waals surface area contributed by atoms with Gasteiger partial charge in [0.25, 0.3) is 15.7 Å². The van der Waals surface area contributed by atoms with Crippen LogP contribution in [0.2, 0.25) is 5.02 Å². The van der Waals surface area contributed by atoms with E-state index in [-0.39, 0.29) is 26.9 Å². The van der Waals surface area contributed by atoms with Crippen LogP contribution < -0.4 is 9.46 Å². The topological polar surface area (TPSA) is 98.5 Å². The lowest BCUT2D eigenvalue weighted by molar-refractivity contribution is -0.384. The van der Waals surface area contributed by atoms with E-state index >= 15 is 0 Å². The zero-order valence-electron chi connectivity index (χ0n) is 14.2. The molecule has 0 fully saturated rings. The van der Waals surface area contributed by atoms with Gasteiger partial charge in [-0.3, -0.25) is 14.8 Å². The SMILES string of the molecule is CC1(C)CCc2cc(S(=O)(=O)Nc3cc([N+](=O)[O-])ccc3Cl)ccc2O1. The van der Waals surface area contributed by atoms with Gasteiger partial charge in [-0.25, -0.2) is 8.42 Å². The van der Waals surface area contributed by atoms with E-state index in [1.165, 1.54) is 18.2 Å². The summed E-state index contributed by atoms with van der Waals surface area (Å²) in [4.78, 5) is 10.3. The lowest BCUT2D eigenvalue weighted by Gasteiger charge is -2.32. The van der Waals surface area contributed by atoms with Crippen molar-refractivity contribution in [2.45, 2.75) is 37.2 Å². The molecule has 1 heterocycles. The molecule has 0 atom stereocenters. The molecule has 2 aromatic carbocycles. The number of hydrogen-bond donors (Lipinski definition) is 1. The van der Waals surface area contributed by atoms with E-state index in [0.29, 0.717) is 12.2 Å². The molecule has 3 rings (SSSR count). The third kappa shape index (κ3) is 3.76. The molecule has 0 saturated carbocycles. The second-order valence-electron chi connectivity index (χ2n) is 6.66. The lowest BCUT2D eigenvalue weighted by atomic mass is 9.94. The number of rotatable bonds is 4. The Balaban J connectivity index is 1.92. The minimum absolute atomic E-state index is 0.0436. The van der Waals surface area contributed by atoms with E-state index in [0.717, 1.165) is 18.1 Å². The van der Waals surface area contributed by atoms with E-state index in [4.69, 9.17) is 16.3 Å². The van der Waals surface area contributed by atoms with Crippen LogP contribution in [0.5, 0.6) is 5.75 Å². The van der Waals surface area contributed by atoms with Crippen molar-refractivity contribution in [3.8, 4) is 5.75 Å². The van der Waals surface area contributed by atoms with Crippen LogP contribution in [0.15, 0.2) is 41.3 Å². The van der Waals surface area contributed by atoms with Crippen molar-refractivity contribution < 1.29 is 18.1 Å². The Labute approximate surface area is 156 Å². The Morgan fingerprint density at radius 3 is 2.65 bits per heavy atom. The van der Waals surface area contributed by atoms with Crippen LogP contribution in [0.4, 0.5) is 11.4 Å². The second-order valence-corrected chi connectivity index (χ2v) is 8.75. The number of hydrogen-bond acceptors (Lipinski definition) is 5. The van der Waals surface area contributed by atoms with E-state index in [2.05, 4.69) is 4.72 Å². The minimum Gasteiger partial charge on any atom is -0.488 e. The summed E-state index contributed by atoms with van der Waals surface area (Å²) < 4.78 is 33.5. The fourth-order valence-corrected chi connectivity index (χ4v) is 4.05. The summed E-state index contributed by atoms with van der Waals surface area (Å²) in [6, 6.07) is 8.19. The third-order valence-corrected chi connectivity index (χ3v) is 5.82. The number of non-ortho nitro benzene ring substituents is 1. The van der Waals surface area contributed by atoms with Crippen molar-refractivity contribution in [2.75, 3.05) is 4.72 Å². The lowest BCUT2D eigenvalue weighted by Crippen LogP contribution is -2.32. The molecule has 138 valence electrons. The minimum atomic E-state index is -3.95. The van der Waals surface area contributed by atoms with E-state index < -0.39 is 14.9 Å². The molecule has 0 radical (unpaired) electrons. The van der Waals surface area contributed by atoms with Crippen LogP contribution in [0.3, 0.4) is 0 Å². The number of fused-ring (bicyclic) bond motifs is 1. The van der Waals surface area contributed by atoms with Crippen molar-refractivity contribution in [1.82, 2.24) is 0 Å². The Bertz CT molecular complexity index is 989. The maximum atomic E-state index is 12.7. The van der Waals surface area contributed by atoms with Gasteiger partial charge in [0.1, 0.15) is 11.4 Å². The van der Waals surface area contributed by atoms with E-state index in [1.54, 1.807) is 12.1 Å². The molecule has 0 bridgehead atoms. The average molecular weight is 397 g/mol. The summed E-state index contributed by atoms with van der Waals surface area (Å²) >= 11 is 5.97. The summed E-state index contributed by atoms with van der Waals surface area (Å²) in [7, 11) is -3.95. The highest BCUT2D eigenvalue weighted by Gasteiger charge is 2.28. The third-order valence-electron chi connectivity index (χ3n) is 4.13. The zero-order chi connectivity index (χ0) is 19.1. The van der Waals surface area contributed by atoms with Gasteiger partial charge < -0.3 is 4.74 Å². The molecule has 0 aromatic heterocycles. The van der Waals surface area contributed by atoms with Crippen molar-refractivity contribution in [1.29, 1.82) is 0 Å². The highest BCUT2D eigenvalue weighted by atomic mass is 35.5. The van der Waals surface area contributed by atoms with Crippen LogP contribution in [0.25, 0.3) is 0 Å². The average Bonchev–Trinajstić information content (AvgIpc) is 2.55. The summed E-state index contributed by atoms with van der Waals surface area (Å²) in [5.74, 6) is 0.661. The first kappa shape index (κ1) is 18.5. The number of nitro benzene ring substituents is 1. The van der Waals surface area contributed by atoms with Crippen LogP contribution in [-0.4, -0.2) is 18.9 Å². The quantitative estimate of drug-likeness (QED) is 0.618. The fraction of sp³-hybridized carbons (Fsp3) is 0.294. The van der Waals surface area contributed by atoms with E-state index in [1.807, 2.05) is 13.8 Å². The molecule has 1 N–H and O–H groups in total. The number of halogens is 1. The highest BCUT2D eigenvalue weighted by Crippen LogP contribution is 2.35. The van der Waals surface area contributed by atoms with Crippen LogP contribution in [-0.2, 0) is 16.4 Å². The molecular weight excluding hydrogens is 380 g/mol. The van der Waals surface area contributed by atoms with Crippen molar-refractivity contribution in [3.05, 3.63) is 57.1 Å². The number of nitrogens with one attached hydrogen (secondary N) is 1. The molecule has 7 nitrogen and oxygen atoms in total. The van der Waals surface area contributed by atoms with Crippen LogP contribution in [0, 0.1) is 10.1 Å². The van der Waals surface area contributed by atoms with Crippen LogP contribution in [0.1, 0.15) is 25.8 Å². The molecule has 2 aromatic rings. The zero-order valence-corrected chi connectivity index (χ0v) is 15.7. The standard InChI is InChI=1S/C17H17ClN2O5S/c1-17(2)8-7-11-9-13(4-6-16(11)25-17)26(23,24)19-15-10-12(20(21)22)3-5-14(15)18/h3-6,9-10,19H,7-8H2,1-2H3. The monoisotopic (exact) mass is 396 g/mol. The largest absolute Gasteiger partial charge is 0.488 e. The molecule has 1 aliphatic heterocycles. The first-order chi connectivity index (χ1) is 12.1. The number of nitro groups is 1. The molecule has 1 aliphatic rings. The van der Waals surface area contributed by atoms with Gasteiger partial charge >= 0.3 is 0 Å². The summed E-state index contributed by atoms with van der Waals surface area (Å²) in [5, 5.41) is 11.0. The maximum Gasteiger partial charge on any atom is 0.271 e. The predicted molar refractivity (Wildman–Crippen MR) is 98.4 cm³/mol. The Morgan fingerprint density at radius 1 is 1.23 bits per heavy atom. The van der Waals surface area contributed by atoms with Gasteiger partial charge in [-0.1, -0.05) is 11.6 Å².